The van der Waals surface area contributed by atoms with Crippen molar-refractivity contribution in [3.05, 3.63) is 0 Å². The molecule has 0 radical (unpaired) electrons. The highest BCUT2D eigenvalue weighted by Crippen LogP contribution is 2.29. The zero-order chi connectivity index (χ0) is 10.1. The van der Waals surface area contributed by atoms with Gasteiger partial charge < -0.3 is 10.6 Å². The first-order chi connectivity index (χ1) is 7.43. The summed E-state index contributed by atoms with van der Waals surface area (Å²) in [7, 11) is 0. The second-order valence-corrected chi connectivity index (χ2v) is 5.44. The van der Waals surface area contributed by atoms with Gasteiger partial charge in [-0.05, 0) is 57.3 Å². The number of hydrogen-bond acceptors (Lipinski definition) is 3. The van der Waals surface area contributed by atoms with Crippen molar-refractivity contribution >= 4 is 0 Å². The maximum absolute atomic E-state index is 3.50. The van der Waals surface area contributed by atoms with E-state index in [1.165, 1.54) is 58.5 Å². The lowest BCUT2D eigenvalue weighted by Crippen LogP contribution is -2.59. The molecular weight excluding hydrogens is 186 g/mol. The summed E-state index contributed by atoms with van der Waals surface area (Å²) >= 11 is 0. The van der Waals surface area contributed by atoms with Gasteiger partial charge in [-0.1, -0.05) is 0 Å². The molecule has 0 spiro atoms. The fourth-order valence-electron chi connectivity index (χ4n) is 3.37. The largest absolute Gasteiger partial charge is 0.316 e. The van der Waals surface area contributed by atoms with Gasteiger partial charge in [0.15, 0.2) is 0 Å². The molecule has 0 aromatic rings. The van der Waals surface area contributed by atoms with E-state index in [4.69, 9.17) is 0 Å². The van der Waals surface area contributed by atoms with Crippen LogP contribution in [-0.4, -0.2) is 50.2 Å². The third kappa shape index (κ3) is 2.05. The van der Waals surface area contributed by atoms with Crippen LogP contribution in [0.5, 0.6) is 0 Å². The second kappa shape index (κ2) is 4.40. The standard InChI is InChI=1S/C12H23N3/c1-4-13-7-11(1)10-2-5-15(6-3-10)12-8-14-9-12/h10-14H,1-9H2. The van der Waals surface area contributed by atoms with Gasteiger partial charge in [0.2, 0.25) is 0 Å². The van der Waals surface area contributed by atoms with Crippen molar-refractivity contribution in [1.82, 2.24) is 15.5 Å². The Morgan fingerprint density at radius 2 is 1.60 bits per heavy atom. The van der Waals surface area contributed by atoms with Crippen LogP contribution in [-0.2, 0) is 0 Å². The van der Waals surface area contributed by atoms with E-state index in [9.17, 15) is 0 Å². The maximum Gasteiger partial charge on any atom is 0.0345 e. The average molecular weight is 209 g/mol. The molecule has 1 atom stereocenters. The van der Waals surface area contributed by atoms with Crippen LogP contribution in [0.4, 0.5) is 0 Å². The Labute approximate surface area is 92.6 Å². The minimum Gasteiger partial charge on any atom is -0.316 e. The molecule has 0 aromatic heterocycles. The smallest absolute Gasteiger partial charge is 0.0345 e. The molecular formula is C12H23N3. The first kappa shape index (κ1) is 10.1. The van der Waals surface area contributed by atoms with Gasteiger partial charge in [0.05, 0.1) is 0 Å². The first-order valence-corrected chi connectivity index (χ1v) is 6.59. The molecule has 3 nitrogen and oxygen atoms in total. The molecule has 2 N–H and O–H groups in total. The van der Waals surface area contributed by atoms with Crippen LogP contribution in [0.3, 0.4) is 0 Å². The van der Waals surface area contributed by atoms with E-state index in [1.54, 1.807) is 0 Å². The van der Waals surface area contributed by atoms with Crippen LogP contribution in [0.2, 0.25) is 0 Å². The summed E-state index contributed by atoms with van der Waals surface area (Å²) in [6, 6.07) is 0.868. The molecule has 0 bridgehead atoms. The molecule has 1 unspecified atom stereocenters. The summed E-state index contributed by atoms with van der Waals surface area (Å²) in [5.41, 5.74) is 0. The normalized spacial score (nSPS) is 35.6. The molecule has 3 fully saturated rings. The number of likely N-dealkylation sites (tertiary alicyclic amines) is 1. The minimum absolute atomic E-state index is 0.868. The van der Waals surface area contributed by atoms with Crippen LogP contribution in [0.15, 0.2) is 0 Å². The van der Waals surface area contributed by atoms with Crippen molar-refractivity contribution in [3.8, 4) is 0 Å². The van der Waals surface area contributed by atoms with E-state index in [1.807, 2.05) is 0 Å². The van der Waals surface area contributed by atoms with Crippen molar-refractivity contribution in [2.45, 2.75) is 25.3 Å². The number of piperidine rings is 1. The molecule has 0 aliphatic carbocycles. The Balaban J connectivity index is 1.47. The van der Waals surface area contributed by atoms with Gasteiger partial charge >= 0.3 is 0 Å². The predicted octanol–water partition coefficient (Wildman–Crippen LogP) is 0.280. The Hall–Kier alpha value is -0.120. The Morgan fingerprint density at radius 3 is 2.13 bits per heavy atom. The molecule has 86 valence electrons. The molecule has 3 aliphatic heterocycles. The monoisotopic (exact) mass is 209 g/mol. The molecule has 3 rings (SSSR count). The van der Waals surface area contributed by atoms with Crippen molar-refractivity contribution in [3.63, 3.8) is 0 Å². The van der Waals surface area contributed by atoms with Gasteiger partial charge in [0.25, 0.3) is 0 Å². The molecule has 3 aliphatic rings. The van der Waals surface area contributed by atoms with E-state index in [-0.39, 0.29) is 0 Å². The van der Waals surface area contributed by atoms with E-state index in [0.717, 1.165) is 17.9 Å². The van der Waals surface area contributed by atoms with Gasteiger partial charge in [-0.15, -0.1) is 0 Å². The van der Waals surface area contributed by atoms with E-state index >= 15 is 0 Å². The SMILES string of the molecule is C1CC(C2CCN(C3CNC3)CC2)CN1. The van der Waals surface area contributed by atoms with Gasteiger partial charge in [0, 0.05) is 19.1 Å². The van der Waals surface area contributed by atoms with Crippen LogP contribution < -0.4 is 10.6 Å². The van der Waals surface area contributed by atoms with Crippen molar-refractivity contribution in [1.29, 1.82) is 0 Å². The quantitative estimate of drug-likeness (QED) is 0.684. The third-order valence-electron chi connectivity index (χ3n) is 4.62. The first-order valence-electron chi connectivity index (χ1n) is 6.59. The molecule has 0 aromatic carbocycles. The van der Waals surface area contributed by atoms with Crippen LogP contribution in [0, 0.1) is 11.8 Å². The molecule has 15 heavy (non-hydrogen) atoms. The number of nitrogens with one attached hydrogen (secondary N) is 2. The van der Waals surface area contributed by atoms with E-state index < -0.39 is 0 Å². The van der Waals surface area contributed by atoms with Crippen molar-refractivity contribution < 1.29 is 0 Å². The van der Waals surface area contributed by atoms with Gasteiger partial charge in [-0.3, -0.25) is 4.90 Å². The lowest BCUT2D eigenvalue weighted by molar-refractivity contribution is 0.0840. The van der Waals surface area contributed by atoms with Crippen molar-refractivity contribution in [2.24, 2.45) is 11.8 Å². The zero-order valence-corrected chi connectivity index (χ0v) is 9.54. The number of nitrogens with zero attached hydrogens (tertiary/aromatic N) is 1. The van der Waals surface area contributed by atoms with E-state index in [0.29, 0.717) is 0 Å². The van der Waals surface area contributed by atoms with Crippen LogP contribution in [0.25, 0.3) is 0 Å². The maximum atomic E-state index is 3.50. The number of rotatable bonds is 2. The topological polar surface area (TPSA) is 27.3 Å². The molecule has 0 saturated carbocycles. The van der Waals surface area contributed by atoms with E-state index in [2.05, 4.69) is 15.5 Å². The number of hydrogen-bond donors (Lipinski definition) is 2. The second-order valence-electron chi connectivity index (χ2n) is 5.44. The molecule has 3 heteroatoms. The molecule has 0 amide bonds. The van der Waals surface area contributed by atoms with Gasteiger partial charge in [-0.2, -0.15) is 0 Å². The van der Waals surface area contributed by atoms with Gasteiger partial charge in [-0.25, -0.2) is 0 Å². The summed E-state index contributed by atoms with van der Waals surface area (Å²) in [6.07, 6.45) is 4.32. The average Bonchev–Trinajstić information content (AvgIpc) is 2.69. The van der Waals surface area contributed by atoms with Gasteiger partial charge in [0.1, 0.15) is 0 Å². The van der Waals surface area contributed by atoms with Crippen LogP contribution >= 0.6 is 0 Å². The Morgan fingerprint density at radius 1 is 0.800 bits per heavy atom. The summed E-state index contributed by atoms with van der Waals surface area (Å²) in [4.78, 5) is 2.70. The highest BCUT2D eigenvalue weighted by Gasteiger charge is 2.32. The summed E-state index contributed by atoms with van der Waals surface area (Å²) < 4.78 is 0. The Kier molecular flexibility index (Phi) is 2.95. The highest BCUT2D eigenvalue weighted by atomic mass is 15.2. The lowest BCUT2D eigenvalue weighted by Gasteiger charge is -2.43. The summed E-state index contributed by atoms with van der Waals surface area (Å²) in [5.74, 6) is 2.01. The fourth-order valence-corrected chi connectivity index (χ4v) is 3.37. The predicted molar refractivity (Wildman–Crippen MR) is 61.9 cm³/mol. The van der Waals surface area contributed by atoms with Crippen molar-refractivity contribution in [2.75, 3.05) is 39.3 Å². The van der Waals surface area contributed by atoms with Crippen LogP contribution in [0.1, 0.15) is 19.3 Å². The summed E-state index contributed by atoms with van der Waals surface area (Å²) in [5, 5.41) is 6.88. The minimum atomic E-state index is 0.868. The highest BCUT2D eigenvalue weighted by molar-refractivity contribution is 4.89. The lowest BCUT2D eigenvalue weighted by atomic mass is 9.83. The third-order valence-corrected chi connectivity index (χ3v) is 4.62. The molecule has 3 saturated heterocycles. The summed E-state index contributed by atoms with van der Waals surface area (Å²) in [6.45, 7) is 7.72. The zero-order valence-electron chi connectivity index (χ0n) is 9.54. The molecule has 3 heterocycles. The fraction of sp³-hybridized carbons (Fsp3) is 1.00. The Bertz CT molecular complexity index is 201.